The van der Waals surface area contributed by atoms with Crippen molar-refractivity contribution < 1.29 is 17.9 Å². The molecule has 0 fully saturated rings. The molecule has 0 atom stereocenters. The van der Waals surface area contributed by atoms with E-state index in [1.807, 2.05) is 0 Å². The highest BCUT2D eigenvalue weighted by Gasteiger charge is 2.19. The molecule has 122 valence electrons. The lowest BCUT2D eigenvalue weighted by molar-refractivity contribution is 0.0600. The molecular formula is C14H10Cl3NO4S. The minimum absolute atomic E-state index is 0.0498. The maximum absolute atomic E-state index is 12.4. The number of halogens is 3. The monoisotopic (exact) mass is 393 g/mol. The first kappa shape index (κ1) is 17.9. The lowest BCUT2D eigenvalue weighted by atomic mass is 10.2. The maximum atomic E-state index is 12.4. The Labute approximate surface area is 148 Å². The van der Waals surface area contributed by atoms with Crippen LogP contribution in [0.2, 0.25) is 15.1 Å². The van der Waals surface area contributed by atoms with Gasteiger partial charge < -0.3 is 4.74 Å². The van der Waals surface area contributed by atoms with Gasteiger partial charge in [-0.25, -0.2) is 13.2 Å². The van der Waals surface area contributed by atoms with Crippen molar-refractivity contribution >= 4 is 56.5 Å². The topological polar surface area (TPSA) is 72.5 Å². The smallest absolute Gasteiger partial charge is 0.339 e. The molecule has 23 heavy (non-hydrogen) atoms. The van der Waals surface area contributed by atoms with Crippen LogP contribution in [0.5, 0.6) is 0 Å². The normalized spacial score (nSPS) is 11.1. The molecule has 0 bridgehead atoms. The number of hydrogen-bond acceptors (Lipinski definition) is 4. The molecule has 9 heteroatoms. The zero-order valence-corrected chi connectivity index (χ0v) is 14.7. The molecular weight excluding hydrogens is 385 g/mol. The largest absolute Gasteiger partial charge is 0.465 e. The Bertz CT molecular complexity index is 868. The number of methoxy groups -OCH3 is 1. The minimum atomic E-state index is -3.94. The number of hydrogen-bond donors (Lipinski definition) is 1. The summed E-state index contributed by atoms with van der Waals surface area (Å²) in [6.07, 6.45) is 0. The Morgan fingerprint density at radius 1 is 1.00 bits per heavy atom. The minimum Gasteiger partial charge on any atom is -0.465 e. The van der Waals surface area contributed by atoms with Gasteiger partial charge in [-0.3, -0.25) is 4.72 Å². The van der Waals surface area contributed by atoms with E-state index in [-0.39, 0.29) is 26.2 Å². The SMILES string of the molecule is COC(=O)c1cc(S(=O)(=O)Nc2ccc(Cl)c(Cl)c2)ccc1Cl. The van der Waals surface area contributed by atoms with Crippen LogP contribution >= 0.6 is 34.8 Å². The van der Waals surface area contributed by atoms with E-state index in [0.29, 0.717) is 5.02 Å². The molecule has 1 N–H and O–H groups in total. The highest BCUT2D eigenvalue weighted by atomic mass is 35.5. The lowest BCUT2D eigenvalue weighted by Crippen LogP contribution is -2.14. The number of ether oxygens (including phenoxy) is 1. The second kappa shape index (κ2) is 6.97. The summed E-state index contributed by atoms with van der Waals surface area (Å²) in [6.45, 7) is 0. The predicted octanol–water partition coefficient (Wildman–Crippen LogP) is 4.23. The van der Waals surface area contributed by atoms with Crippen molar-refractivity contribution in [2.24, 2.45) is 0 Å². The van der Waals surface area contributed by atoms with E-state index in [1.54, 1.807) is 0 Å². The molecule has 0 spiro atoms. The number of anilines is 1. The third-order valence-electron chi connectivity index (χ3n) is 2.83. The number of carbonyl (C=O) groups excluding carboxylic acids is 1. The zero-order chi connectivity index (χ0) is 17.2. The van der Waals surface area contributed by atoms with Crippen LogP contribution < -0.4 is 4.72 Å². The van der Waals surface area contributed by atoms with Gasteiger partial charge in [-0.15, -0.1) is 0 Å². The maximum Gasteiger partial charge on any atom is 0.339 e. The quantitative estimate of drug-likeness (QED) is 0.788. The summed E-state index contributed by atoms with van der Waals surface area (Å²) < 4.78 is 31.7. The predicted molar refractivity (Wildman–Crippen MR) is 90.1 cm³/mol. The lowest BCUT2D eigenvalue weighted by Gasteiger charge is -2.10. The number of nitrogens with one attached hydrogen (secondary N) is 1. The summed E-state index contributed by atoms with van der Waals surface area (Å²) in [6, 6.07) is 8.00. The molecule has 5 nitrogen and oxygen atoms in total. The van der Waals surface area contributed by atoms with Crippen LogP contribution in [-0.4, -0.2) is 21.5 Å². The summed E-state index contributed by atoms with van der Waals surface area (Å²) in [5.41, 5.74) is 0.181. The number of rotatable bonds is 4. The van der Waals surface area contributed by atoms with E-state index in [0.717, 1.165) is 6.07 Å². The van der Waals surface area contributed by atoms with Gasteiger partial charge in [0.15, 0.2) is 0 Å². The van der Waals surface area contributed by atoms with Gasteiger partial charge in [-0.2, -0.15) is 0 Å². The standard InChI is InChI=1S/C14H10Cl3NO4S/c1-22-14(19)10-7-9(3-5-11(10)15)23(20,21)18-8-2-4-12(16)13(17)6-8/h2-7,18H,1H3. The third kappa shape index (κ3) is 4.09. The van der Waals surface area contributed by atoms with Gasteiger partial charge in [-0.05, 0) is 36.4 Å². The Hall–Kier alpha value is -1.47. The van der Waals surface area contributed by atoms with Crippen LogP contribution in [0, 0.1) is 0 Å². The first-order valence-electron chi connectivity index (χ1n) is 6.10. The third-order valence-corrected chi connectivity index (χ3v) is 5.27. The van der Waals surface area contributed by atoms with E-state index in [2.05, 4.69) is 9.46 Å². The molecule has 0 aliphatic heterocycles. The van der Waals surface area contributed by atoms with Crippen molar-refractivity contribution in [3.63, 3.8) is 0 Å². The Balaban J connectivity index is 2.39. The molecule has 0 heterocycles. The highest BCUT2D eigenvalue weighted by Crippen LogP contribution is 2.27. The fraction of sp³-hybridized carbons (Fsp3) is 0.0714. The summed E-state index contributed by atoms with van der Waals surface area (Å²) in [5, 5.41) is 0.595. The van der Waals surface area contributed by atoms with Gasteiger partial charge in [0.05, 0.1) is 38.3 Å². The molecule has 0 aliphatic rings. The van der Waals surface area contributed by atoms with Crippen molar-refractivity contribution in [1.82, 2.24) is 0 Å². The fourth-order valence-electron chi connectivity index (χ4n) is 1.71. The van der Waals surface area contributed by atoms with Crippen molar-refractivity contribution in [3.8, 4) is 0 Å². The molecule has 0 unspecified atom stereocenters. The van der Waals surface area contributed by atoms with Gasteiger partial charge in [-0.1, -0.05) is 34.8 Å². The number of sulfonamides is 1. The van der Waals surface area contributed by atoms with Crippen LogP contribution in [0.1, 0.15) is 10.4 Å². The Morgan fingerprint density at radius 3 is 2.26 bits per heavy atom. The van der Waals surface area contributed by atoms with Crippen molar-refractivity contribution in [3.05, 3.63) is 57.0 Å². The Morgan fingerprint density at radius 2 is 1.65 bits per heavy atom. The van der Waals surface area contributed by atoms with Crippen LogP contribution in [0.4, 0.5) is 5.69 Å². The molecule has 2 aromatic carbocycles. The van der Waals surface area contributed by atoms with Crippen LogP contribution in [0.15, 0.2) is 41.3 Å². The molecule has 2 rings (SSSR count). The van der Waals surface area contributed by atoms with E-state index >= 15 is 0 Å². The molecule has 0 aliphatic carbocycles. The van der Waals surface area contributed by atoms with E-state index < -0.39 is 16.0 Å². The number of benzene rings is 2. The van der Waals surface area contributed by atoms with Gasteiger partial charge in [0.25, 0.3) is 10.0 Å². The summed E-state index contributed by atoms with van der Waals surface area (Å²) in [5.74, 6) is -0.735. The highest BCUT2D eigenvalue weighted by molar-refractivity contribution is 7.92. The first-order valence-corrected chi connectivity index (χ1v) is 8.72. The van der Waals surface area contributed by atoms with Crippen molar-refractivity contribution in [2.45, 2.75) is 4.90 Å². The average Bonchev–Trinajstić information content (AvgIpc) is 2.50. The molecule has 0 saturated heterocycles. The fourth-order valence-corrected chi connectivity index (χ4v) is 3.28. The zero-order valence-electron chi connectivity index (χ0n) is 11.6. The van der Waals surface area contributed by atoms with Crippen LogP contribution in [0.25, 0.3) is 0 Å². The first-order chi connectivity index (χ1) is 10.7. The van der Waals surface area contributed by atoms with Gasteiger partial charge in [0.2, 0.25) is 0 Å². The van der Waals surface area contributed by atoms with Crippen LogP contribution in [0.3, 0.4) is 0 Å². The van der Waals surface area contributed by atoms with E-state index in [4.69, 9.17) is 34.8 Å². The van der Waals surface area contributed by atoms with Crippen molar-refractivity contribution in [1.29, 1.82) is 0 Å². The van der Waals surface area contributed by atoms with E-state index in [9.17, 15) is 13.2 Å². The second-order valence-electron chi connectivity index (χ2n) is 4.37. The molecule has 0 amide bonds. The Kier molecular flexibility index (Phi) is 5.41. The van der Waals surface area contributed by atoms with Crippen LogP contribution in [-0.2, 0) is 14.8 Å². The molecule has 0 aromatic heterocycles. The van der Waals surface area contributed by atoms with Gasteiger partial charge in [0.1, 0.15) is 0 Å². The molecule has 0 saturated carbocycles. The van der Waals surface area contributed by atoms with Gasteiger partial charge >= 0.3 is 5.97 Å². The second-order valence-corrected chi connectivity index (χ2v) is 7.27. The average molecular weight is 395 g/mol. The number of esters is 1. The summed E-state index contributed by atoms with van der Waals surface area (Å²) >= 11 is 17.5. The number of carbonyl (C=O) groups is 1. The molecule has 2 aromatic rings. The van der Waals surface area contributed by atoms with Gasteiger partial charge in [0, 0.05) is 0 Å². The summed E-state index contributed by atoms with van der Waals surface area (Å²) in [7, 11) is -2.77. The van der Waals surface area contributed by atoms with E-state index in [1.165, 1.54) is 37.4 Å². The summed E-state index contributed by atoms with van der Waals surface area (Å²) in [4.78, 5) is 11.5. The van der Waals surface area contributed by atoms with Crippen molar-refractivity contribution in [2.75, 3.05) is 11.8 Å². The molecule has 0 radical (unpaired) electrons.